The monoisotopic (exact) mass is 283 g/mol. The molecule has 0 saturated heterocycles. The van der Waals surface area contributed by atoms with Crippen molar-refractivity contribution in [3.63, 3.8) is 0 Å². The lowest BCUT2D eigenvalue weighted by Gasteiger charge is -2.17. The molecule has 96 valence electrons. The van der Waals surface area contributed by atoms with E-state index in [-0.39, 0.29) is 6.04 Å². The van der Waals surface area contributed by atoms with Gasteiger partial charge in [0.05, 0.1) is 15.9 Å². The molecule has 0 spiro atoms. The number of thiophene rings is 1. The van der Waals surface area contributed by atoms with Crippen molar-refractivity contribution < 1.29 is 9.90 Å². The second kappa shape index (κ2) is 4.78. The van der Waals surface area contributed by atoms with Crippen LogP contribution < -0.4 is 0 Å². The molecule has 1 atom stereocenters. The number of aryl methyl sites for hydroxylation is 1. The molecule has 18 heavy (non-hydrogen) atoms. The summed E-state index contributed by atoms with van der Waals surface area (Å²) in [7, 11) is 0. The van der Waals surface area contributed by atoms with Gasteiger partial charge in [0.15, 0.2) is 0 Å². The molecule has 2 aromatic heterocycles. The first-order valence-corrected chi connectivity index (χ1v) is 6.78. The summed E-state index contributed by atoms with van der Waals surface area (Å²) in [6.45, 7) is 5.81. The van der Waals surface area contributed by atoms with Crippen molar-refractivity contribution in [3.05, 3.63) is 44.4 Å². The van der Waals surface area contributed by atoms with Crippen molar-refractivity contribution >= 4 is 28.9 Å². The van der Waals surface area contributed by atoms with Crippen LogP contribution in [0.25, 0.3) is 0 Å². The third kappa shape index (κ3) is 2.18. The minimum Gasteiger partial charge on any atom is -0.478 e. The second-order valence-electron chi connectivity index (χ2n) is 4.28. The maximum absolute atomic E-state index is 11.1. The smallest absolute Gasteiger partial charge is 0.337 e. The fourth-order valence-electron chi connectivity index (χ4n) is 2.27. The molecule has 0 saturated carbocycles. The molecule has 0 fully saturated rings. The van der Waals surface area contributed by atoms with Gasteiger partial charge in [0.2, 0.25) is 0 Å². The van der Waals surface area contributed by atoms with Crippen LogP contribution >= 0.6 is 22.9 Å². The van der Waals surface area contributed by atoms with Crippen LogP contribution in [0, 0.1) is 13.8 Å². The van der Waals surface area contributed by atoms with E-state index in [1.165, 1.54) is 11.3 Å². The quantitative estimate of drug-likeness (QED) is 0.920. The number of rotatable bonds is 3. The van der Waals surface area contributed by atoms with Gasteiger partial charge in [-0.1, -0.05) is 11.6 Å². The molecule has 5 heteroatoms. The lowest BCUT2D eigenvalue weighted by molar-refractivity contribution is 0.0696. The van der Waals surface area contributed by atoms with Crippen LogP contribution in [0.15, 0.2) is 18.2 Å². The van der Waals surface area contributed by atoms with Gasteiger partial charge in [0, 0.05) is 16.3 Å². The Labute approximate surface area is 115 Å². The first-order valence-electron chi connectivity index (χ1n) is 5.58. The van der Waals surface area contributed by atoms with E-state index < -0.39 is 5.97 Å². The molecule has 0 aliphatic heterocycles. The van der Waals surface area contributed by atoms with Crippen molar-refractivity contribution in [2.45, 2.75) is 26.8 Å². The van der Waals surface area contributed by atoms with Crippen molar-refractivity contribution in [1.82, 2.24) is 4.57 Å². The van der Waals surface area contributed by atoms with Crippen LogP contribution in [-0.4, -0.2) is 15.6 Å². The normalized spacial score (nSPS) is 12.7. The van der Waals surface area contributed by atoms with Gasteiger partial charge in [0.1, 0.15) is 0 Å². The molecule has 1 N–H and O–H groups in total. The number of aromatic nitrogens is 1. The molecule has 3 nitrogen and oxygen atoms in total. The molecule has 0 amide bonds. The Bertz CT molecular complexity index is 600. The van der Waals surface area contributed by atoms with E-state index in [2.05, 4.69) is 0 Å². The van der Waals surface area contributed by atoms with Gasteiger partial charge in [-0.3, -0.25) is 0 Å². The molecule has 1 unspecified atom stereocenters. The van der Waals surface area contributed by atoms with E-state index in [1.807, 2.05) is 37.5 Å². The van der Waals surface area contributed by atoms with Crippen molar-refractivity contribution in [2.24, 2.45) is 0 Å². The van der Waals surface area contributed by atoms with Crippen LogP contribution in [0.5, 0.6) is 0 Å². The van der Waals surface area contributed by atoms with Gasteiger partial charge < -0.3 is 9.67 Å². The molecule has 0 aliphatic rings. The zero-order valence-electron chi connectivity index (χ0n) is 10.4. The maximum Gasteiger partial charge on any atom is 0.337 e. The number of nitrogens with zero attached hydrogens (tertiary/aromatic N) is 1. The van der Waals surface area contributed by atoms with E-state index in [0.717, 1.165) is 20.6 Å². The lowest BCUT2D eigenvalue weighted by Crippen LogP contribution is -2.10. The Balaban J connectivity index is 2.48. The Kier molecular flexibility index (Phi) is 3.50. The van der Waals surface area contributed by atoms with E-state index in [4.69, 9.17) is 16.7 Å². The summed E-state index contributed by atoms with van der Waals surface area (Å²) in [5.41, 5.74) is 2.08. The SMILES string of the molecule is Cc1cc(C(=O)O)c(C)n1C(C)c1ccc(Cl)s1. The largest absolute Gasteiger partial charge is 0.478 e. The van der Waals surface area contributed by atoms with Crippen LogP contribution in [-0.2, 0) is 0 Å². The van der Waals surface area contributed by atoms with Crippen molar-refractivity contribution in [1.29, 1.82) is 0 Å². The molecule has 0 aromatic carbocycles. The first-order chi connectivity index (χ1) is 8.41. The summed E-state index contributed by atoms with van der Waals surface area (Å²) in [6, 6.07) is 5.65. The summed E-state index contributed by atoms with van der Waals surface area (Å²) in [6.07, 6.45) is 0. The highest BCUT2D eigenvalue weighted by Crippen LogP contribution is 2.32. The van der Waals surface area contributed by atoms with E-state index in [0.29, 0.717) is 5.56 Å². The minimum absolute atomic E-state index is 0.0931. The number of carbonyl (C=O) groups is 1. The van der Waals surface area contributed by atoms with Crippen LogP contribution in [0.3, 0.4) is 0 Å². The molecule has 2 heterocycles. The highest BCUT2D eigenvalue weighted by molar-refractivity contribution is 7.16. The predicted octanol–water partition coefficient (Wildman–Crippen LogP) is 4.13. The highest BCUT2D eigenvalue weighted by Gasteiger charge is 2.19. The lowest BCUT2D eigenvalue weighted by atomic mass is 10.2. The molecule has 0 bridgehead atoms. The predicted molar refractivity (Wildman–Crippen MR) is 74.0 cm³/mol. The van der Waals surface area contributed by atoms with Crippen molar-refractivity contribution in [3.8, 4) is 0 Å². The minimum atomic E-state index is -0.884. The topological polar surface area (TPSA) is 42.2 Å². The number of hydrogen-bond acceptors (Lipinski definition) is 2. The average Bonchev–Trinajstić information content (AvgIpc) is 2.83. The summed E-state index contributed by atoms with van der Waals surface area (Å²) in [4.78, 5) is 12.2. The molecular formula is C13H14ClNO2S. The van der Waals surface area contributed by atoms with Crippen molar-refractivity contribution in [2.75, 3.05) is 0 Å². The molecule has 0 aliphatic carbocycles. The van der Waals surface area contributed by atoms with Gasteiger partial charge in [-0.15, -0.1) is 11.3 Å². The molecular weight excluding hydrogens is 270 g/mol. The van der Waals surface area contributed by atoms with Gasteiger partial charge in [-0.2, -0.15) is 0 Å². The van der Waals surface area contributed by atoms with Gasteiger partial charge in [0.25, 0.3) is 0 Å². The van der Waals surface area contributed by atoms with E-state index >= 15 is 0 Å². The number of halogens is 1. The Morgan fingerprint density at radius 3 is 2.56 bits per heavy atom. The average molecular weight is 284 g/mol. The van der Waals surface area contributed by atoms with E-state index in [1.54, 1.807) is 6.07 Å². The zero-order chi connectivity index (χ0) is 13.4. The summed E-state index contributed by atoms with van der Waals surface area (Å²) in [5, 5.41) is 9.13. The standard InChI is InChI=1S/C13H14ClNO2S/c1-7-6-10(13(16)17)8(2)15(7)9(3)11-4-5-12(14)18-11/h4-6,9H,1-3H3,(H,16,17). The number of aromatic carboxylic acids is 1. The second-order valence-corrected chi connectivity index (χ2v) is 6.02. The Morgan fingerprint density at radius 2 is 2.11 bits per heavy atom. The third-order valence-corrected chi connectivity index (χ3v) is 4.51. The Hall–Kier alpha value is -1.26. The highest BCUT2D eigenvalue weighted by atomic mass is 35.5. The number of carboxylic acids is 1. The van der Waals surface area contributed by atoms with Gasteiger partial charge in [-0.05, 0) is 39.0 Å². The van der Waals surface area contributed by atoms with Crippen LogP contribution in [0.2, 0.25) is 4.34 Å². The zero-order valence-corrected chi connectivity index (χ0v) is 12.0. The number of hydrogen-bond donors (Lipinski definition) is 1. The van der Waals surface area contributed by atoms with Crippen LogP contribution in [0.1, 0.15) is 39.6 Å². The fourth-order valence-corrected chi connectivity index (χ4v) is 3.37. The maximum atomic E-state index is 11.1. The fraction of sp³-hybridized carbons (Fsp3) is 0.308. The van der Waals surface area contributed by atoms with Gasteiger partial charge in [-0.25, -0.2) is 4.79 Å². The first kappa shape index (κ1) is 13.2. The summed E-state index contributed by atoms with van der Waals surface area (Å²) >= 11 is 7.47. The van der Waals surface area contributed by atoms with E-state index in [9.17, 15) is 4.79 Å². The Morgan fingerprint density at radius 1 is 1.44 bits per heavy atom. The van der Waals surface area contributed by atoms with Gasteiger partial charge >= 0.3 is 5.97 Å². The van der Waals surface area contributed by atoms with Crippen LogP contribution in [0.4, 0.5) is 0 Å². The third-order valence-electron chi connectivity index (χ3n) is 3.11. The molecule has 2 aromatic rings. The molecule has 0 radical (unpaired) electrons. The molecule has 2 rings (SSSR count). The number of carboxylic acid groups (broad SMARTS) is 1. The summed E-state index contributed by atoms with van der Waals surface area (Å²) in [5.74, 6) is -0.884. The summed E-state index contributed by atoms with van der Waals surface area (Å²) < 4.78 is 2.78.